The lowest BCUT2D eigenvalue weighted by Crippen LogP contribution is -2.46. The number of carbonyl (C=O) groups excluding carboxylic acids is 1. The van der Waals surface area contributed by atoms with E-state index in [1.54, 1.807) is 24.3 Å². The lowest BCUT2D eigenvalue weighted by Gasteiger charge is -2.46. The minimum atomic E-state index is -3.71. The number of rotatable bonds is 11. The lowest BCUT2D eigenvalue weighted by atomic mass is 9.81. The molecule has 1 fully saturated rings. The van der Waals surface area contributed by atoms with Crippen molar-refractivity contribution in [3.63, 3.8) is 0 Å². The first-order valence-electron chi connectivity index (χ1n) is 15.8. The van der Waals surface area contributed by atoms with Gasteiger partial charge in [0.25, 0.3) is 0 Å². The Bertz CT molecular complexity index is 1600. The quantitative estimate of drug-likeness (QED) is 0.141. The molecule has 4 unspecified atom stereocenters. The number of nitrogens with two attached hydrogens (primary N) is 1. The first-order chi connectivity index (χ1) is 21.1. The summed E-state index contributed by atoms with van der Waals surface area (Å²) in [6, 6.07) is 21.1. The Kier molecular flexibility index (Phi) is 9.75. The number of unbranched alkanes of at least 4 members (excludes halogenated alkanes) is 1. The van der Waals surface area contributed by atoms with E-state index >= 15 is 0 Å². The molecule has 3 aromatic carbocycles. The minimum absolute atomic E-state index is 0.0377. The molecule has 0 radical (unpaired) electrons. The SMILES string of the molecule is CCCCC(c1cc(NS(=O)(=O)Cc2ccccc2)cc2c1CC(c1cccc(C(=N)N)c1)C(=O)N2)N1C(C)CCCC1C. The zero-order valence-electron chi connectivity index (χ0n) is 26.0. The summed E-state index contributed by atoms with van der Waals surface area (Å²) in [5.41, 5.74) is 11.1. The van der Waals surface area contributed by atoms with Crippen LogP contribution in [-0.4, -0.2) is 37.1 Å². The van der Waals surface area contributed by atoms with E-state index in [-0.39, 0.29) is 23.5 Å². The van der Waals surface area contributed by atoms with Gasteiger partial charge in [0, 0.05) is 29.4 Å². The highest BCUT2D eigenvalue weighted by molar-refractivity contribution is 7.91. The summed E-state index contributed by atoms with van der Waals surface area (Å²) in [6.45, 7) is 6.79. The number of nitrogen functional groups attached to an aromatic ring is 1. The molecule has 0 spiro atoms. The highest BCUT2D eigenvalue weighted by Crippen LogP contribution is 2.44. The summed E-state index contributed by atoms with van der Waals surface area (Å²) in [4.78, 5) is 16.2. The Labute approximate surface area is 262 Å². The van der Waals surface area contributed by atoms with E-state index in [9.17, 15) is 13.2 Å². The number of hydrogen-bond donors (Lipinski definition) is 4. The third-order valence-electron chi connectivity index (χ3n) is 9.15. The van der Waals surface area contributed by atoms with Crippen LogP contribution in [0.25, 0.3) is 0 Å². The van der Waals surface area contributed by atoms with Crippen LogP contribution in [0, 0.1) is 5.41 Å². The Morgan fingerprint density at radius 2 is 1.80 bits per heavy atom. The van der Waals surface area contributed by atoms with Gasteiger partial charge in [0.1, 0.15) is 5.84 Å². The summed E-state index contributed by atoms with van der Waals surface area (Å²) in [7, 11) is -3.71. The molecule has 8 nitrogen and oxygen atoms in total. The van der Waals surface area contributed by atoms with Crippen LogP contribution in [0.1, 0.15) is 99.1 Å². The number of sulfonamides is 1. The van der Waals surface area contributed by atoms with Crippen LogP contribution >= 0.6 is 0 Å². The molecule has 1 saturated heterocycles. The van der Waals surface area contributed by atoms with Gasteiger partial charge in [-0.25, -0.2) is 8.42 Å². The Hall–Kier alpha value is -3.69. The summed E-state index contributed by atoms with van der Waals surface area (Å²) in [5, 5.41) is 11.0. The van der Waals surface area contributed by atoms with Crippen molar-refractivity contribution in [2.45, 2.75) is 95.5 Å². The Balaban J connectivity index is 1.60. The van der Waals surface area contributed by atoms with Gasteiger partial charge < -0.3 is 11.1 Å². The Morgan fingerprint density at radius 3 is 2.48 bits per heavy atom. The summed E-state index contributed by atoms with van der Waals surface area (Å²) in [6.07, 6.45) is 6.95. The average Bonchev–Trinajstić information content (AvgIpc) is 2.98. The largest absolute Gasteiger partial charge is 0.384 e. The molecule has 3 aromatic rings. The fourth-order valence-corrected chi connectivity index (χ4v) is 8.21. The number of anilines is 2. The van der Waals surface area contributed by atoms with Crippen LogP contribution in [0.2, 0.25) is 0 Å². The van der Waals surface area contributed by atoms with E-state index in [0.29, 0.717) is 41.0 Å². The van der Waals surface area contributed by atoms with Gasteiger partial charge in [-0.2, -0.15) is 0 Å². The zero-order chi connectivity index (χ0) is 31.4. The molecule has 2 aliphatic heterocycles. The minimum Gasteiger partial charge on any atom is -0.384 e. The number of amidine groups is 1. The molecule has 0 saturated carbocycles. The van der Waals surface area contributed by atoms with Crippen molar-refractivity contribution in [3.8, 4) is 0 Å². The number of amides is 1. The third-order valence-corrected chi connectivity index (χ3v) is 10.4. The molecule has 0 aromatic heterocycles. The van der Waals surface area contributed by atoms with E-state index in [1.165, 1.54) is 6.42 Å². The standard InChI is InChI=1S/C35H45N5O3S/c1-4-5-17-33(40-23(2)11-9-12-24(40)3)31-19-28(39-44(42,43)22-25-13-7-6-8-14-25)20-32-30(31)21-29(35(41)38-32)26-15-10-16-27(18-26)34(36)37/h6-8,10,13-16,18-20,23-24,29,33,39H,4-5,9,11-12,17,21-22H2,1-3H3,(H3,36,37)(H,38,41). The molecule has 0 aliphatic carbocycles. The number of hydrogen-bond acceptors (Lipinski definition) is 5. The number of nitrogens with zero attached hydrogens (tertiary/aromatic N) is 1. The van der Waals surface area contributed by atoms with Crippen LogP contribution in [0.5, 0.6) is 0 Å². The van der Waals surface area contributed by atoms with Gasteiger partial charge in [-0.1, -0.05) is 74.7 Å². The van der Waals surface area contributed by atoms with Gasteiger partial charge in [-0.05, 0) is 80.0 Å². The second-order valence-electron chi connectivity index (χ2n) is 12.5. The maximum Gasteiger partial charge on any atom is 0.236 e. The zero-order valence-corrected chi connectivity index (χ0v) is 26.8. The maximum atomic E-state index is 13.6. The van der Waals surface area contributed by atoms with E-state index < -0.39 is 15.9 Å². The van der Waals surface area contributed by atoms with Crippen molar-refractivity contribution in [1.82, 2.24) is 4.90 Å². The average molecular weight is 616 g/mol. The number of nitrogens with one attached hydrogen (secondary N) is 3. The summed E-state index contributed by atoms with van der Waals surface area (Å²) in [5.74, 6) is -0.785. The predicted octanol–water partition coefficient (Wildman–Crippen LogP) is 6.69. The molecule has 234 valence electrons. The topological polar surface area (TPSA) is 128 Å². The molecule has 5 N–H and O–H groups in total. The monoisotopic (exact) mass is 615 g/mol. The molecule has 4 atom stereocenters. The highest BCUT2D eigenvalue weighted by Gasteiger charge is 2.37. The molecule has 0 bridgehead atoms. The van der Waals surface area contributed by atoms with Gasteiger partial charge >= 0.3 is 0 Å². The van der Waals surface area contributed by atoms with Gasteiger partial charge in [0.2, 0.25) is 15.9 Å². The smallest absolute Gasteiger partial charge is 0.236 e. The van der Waals surface area contributed by atoms with Crippen LogP contribution in [0.15, 0.2) is 66.7 Å². The van der Waals surface area contributed by atoms with E-state index in [4.69, 9.17) is 11.1 Å². The fraction of sp³-hybridized carbons (Fsp3) is 0.429. The second kappa shape index (κ2) is 13.5. The van der Waals surface area contributed by atoms with Gasteiger partial charge in [0.05, 0.1) is 17.4 Å². The third kappa shape index (κ3) is 7.16. The highest BCUT2D eigenvalue weighted by atomic mass is 32.2. The van der Waals surface area contributed by atoms with Crippen LogP contribution in [-0.2, 0) is 27.0 Å². The fourth-order valence-electron chi connectivity index (χ4n) is 7.03. The molecule has 1 amide bonds. The molecular formula is C35H45N5O3S. The van der Waals surface area contributed by atoms with Crippen LogP contribution in [0.4, 0.5) is 11.4 Å². The molecule has 5 rings (SSSR count). The van der Waals surface area contributed by atoms with E-state index in [0.717, 1.165) is 48.8 Å². The van der Waals surface area contributed by atoms with Crippen LogP contribution < -0.4 is 15.8 Å². The van der Waals surface area contributed by atoms with E-state index in [2.05, 4.69) is 35.7 Å². The van der Waals surface area contributed by atoms with Gasteiger partial charge in [-0.3, -0.25) is 19.8 Å². The van der Waals surface area contributed by atoms with Crippen molar-refractivity contribution < 1.29 is 13.2 Å². The molecule has 2 aliphatic rings. The molecule has 44 heavy (non-hydrogen) atoms. The molecule has 9 heteroatoms. The molecule has 2 heterocycles. The van der Waals surface area contributed by atoms with Crippen molar-refractivity contribution in [3.05, 3.63) is 94.5 Å². The number of likely N-dealkylation sites (tertiary alicyclic amines) is 1. The predicted molar refractivity (Wildman–Crippen MR) is 179 cm³/mol. The first kappa shape index (κ1) is 31.7. The second-order valence-corrected chi connectivity index (χ2v) is 14.2. The molecular weight excluding hydrogens is 570 g/mol. The van der Waals surface area contributed by atoms with Crippen molar-refractivity contribution in [1.29, 1.82) is 5.41 Å². The van der Waals surface area contributed by atoms with Gasteiger partial charge in [0.15, 0.2) is 0 Å². The van der Waals surface area contributed by atoms with Crippen LogP contribution in [0.3, 0.4) is 0 Å². The lowest BCUT2D eigenvalue weighted by molar-refractivity contribution is -0.117. The number of fused-ring (bicyclic) bond motifs is 1. The van der Waals surface area contributed by atoms with Crippen molar-refractivity contribution in [2.24, 2.45) is 5.73 Å². The normalized spacial score (nSPS) is 21.2. The summed E-state index contributed by atoms with van der Waals surface area (Å²) < 4.78 is 29.5. The summed E-state index contributed by atoms with van der Waals surface area (Å²) >= 11 is 0. The first-order valence-corrected chi connectivity index (χ1v) is 17.5. The maximum absolute atomic E-state index is 13.6. The number of piperidine rings is 1. The van der Waals surface area contributed by atoms with Crippen molar-refractivity contribution in [2.75, 3.05) is 10.0 Å². The number of carbonyl (C=O) groups is 1. The van der Waals surface area contributed by atoms with Crippen molar-refractivity contribution >= 4 is 33.1 Å². The Morgan fingerprint density at radius 1 is 1.07 bits per heavy atom. The number of benzene rings is 3. The van der Waals surface area contributed by atoms with Gasteiger partial charge in [-0.15, -0.1) is 0 Å². The van der Waals surface area contributed by atoms with E-state index in [1.807, 2.05) is 42.5 Å².